The molecule has 7 nitrogen and oxygen atoms in total. The van der Waals surface area contributed by atoms with E-state index in [2.05, 4.69) is 10.00 Å². The fourth-order valence-corrected chi connectivity index (χ4v) is 3.90. The maximum atomic E-state index is 12.8. The Morgan fingerprint density at radius 3 is 2.96 bits per heavy atom. The Balaban J connectivity index is 1.41. The van der Waals surface area contributed by atoms with Gasteiger partial charge in [0.15, 0.2) is 0 Å². The summed E-state index contributed by atoms with van der Waals surface area (Å²) in [6.45, 7) is 7.17. The molecule has 26 heavy (non-hydrogen) atoms. The van der Waals surface area contributed by atoms with Crippen LogP contribution in [0.4, 0.5) is 0 Å². The summed E-state index contributed by atoms with van der Waals surface area (Å²) in [5.41, 5.74) is 0. The third-order valence-electron chi connectivity index (χ3n) is 5.20. The Morgan fingerprint density at radius 1 is 1.27 bits per heavy atom. The minimum absolute atomic E-state index is 0.202. The van der Waals surface area contributed by atoms with Crippen LogP contribution in [0.25, 0.3) is 0 Å². The van der Waals surface area contributed by atoms with E-state index in [9.17, 15) is 4.79 Å². The molecule has 0 aromatic carbocycles. The number of nitrogens with zero attached hydrogens (tertiary/aromatic N) is 4. The third kappa shape index (κ3) is 3.99. The van der Waals surface area contributed by atoms with E-state index in [0.29, 0.717) is 38.6 Å². The molecule has 0 aliphatic carbocycles. The SMILES string of the molecule is Cc1ccc(CN2C[C@H]3COC[C@@H]2CN(C(=O)CCn2cccn2)C3)o1. The van der Waals surface area contributed by atoms with Crippen LogP contribution in [0.2, 0.25) is 0 Å². The van der Waals surface area contributed by atoms with E-state index in [-0.39, 0.29) is 11.9 Å². The summed E-state index contributed by atoms with van der Waals surface area (Å²) in [5.74, 6) is 2.45. The Morgan fingerprint density at radius 2 is 2.19 bits per heavy atom. The molecule has 2 aliphatic rings. The number of furan rings is 1. The fraction of sp³-hybridized carbons (Fsp3) is 0.579. The van der Waals surface area contributed by atoms with Gasteiger partial charge in [0.1, 0.15) is 11.5 Å². The fourth-order valence-electron chi connectivity index (χ4n) is 3.90. The summed E-state index contributed by atoms with van der Waals surface area (Å²) in [4.78, 5) is 17.2. The van der Waals surface area contributed by atoms with Crippen molar-refractivity contribution in [1.82, 2.24) is 19.6 Å². The molecule has 4 rings (SSSR count). The van der Waals surface area contributed by atoms with Crippen LogP contribution in [0, 0.1) is 12.8 Å². The van der Waals surface area contributed by atoms with Crippen molar-refractivity contribution >= 4 is 5.91 Å². The molecule has 140 valence electrons. The van der Waals surface area contributed by atoms with Gasteiger partial charge in [-0.05, 0) is 25.1 Å². The zero-order valence-electron chi connectivity index (χ0n) is 15.2. The maximum Gasteiger partial charge on any atom is 0.224 e. The average Bonchev–Trinajstić information content (AvgIpc) is 3.18. The van der Waals surface area contributed by atoms with E-state index >= 15 is 0 Å². The second-order valence-electron chi connectivity index (χ2n) is 7.32. The zero-order valence-corrected chi connectivity index (χ0v) is 15.2. The Bertz CT molecular complexity index is 727. The van der Waals surface area contributed by atoms with E-state index in [4.69, 9.17) is 9.15 Å². The number of aromatic nitrogens is 2. The molecule has 2 fully saturated rings. The third-order valence-corrected chi connectivity index (χ3v) is 5.20. The van der Waals surface area contributed by atoms with Crippen molar-refractivity contribution in [3.63, 3.8) is 0 Å². The number of hydrogen-bond donors (Lipinski definition) is 0. The summed E-state index contributed by atoms with van der Waals surface area (Å²) in [6.07, 6.45) is 4.12. The number of fused-ring (bicyclic) bond motifs is 3. The van der Waals surface area contributed by atoms with Crippen molar-refractivity contribution in [2.24, 2.45) is 5.92 Å². The number of aryl methyl sites for hydroxylation is 2. The molecule has 2 bridgehead atoms. The smallest absolute Gasteiger partial charge is 0.224 e. The first-order valence-electron chi connectivity index (χ1n) is 9.29. The molecule has 2 aromatic rings. The minimum Gasteiger partial charge on any atom is -0.465 e. The molecule has 0 spiro atoms. The highest BCUT2D eigenvalue weighted by atomic mass is 16.5. The highest BCUT2D eigenvalue weighted by molar-refractivity contribution is 5.76. The summed E-state index contributed by atoms with van der Waals surface area (Å²) >= 11 is 0. The van der Waals surface area contributed by atoms with Gasteiger partial charge < -0.3 is 14.1 Å². The summed E-state index contributed by atoms with van der Waals surface area (Å²) in [6, 6.07) is 6.13. The van der Waals surface area contributed by atoms with Gasteiger partial charge in [-0.1, -0.05) is 0 Å². The number of ether oxygens (including phenoxy) is 1. The van der Waals surface area contributed by atoms with Crippen LogP contribution in [0.15, 0.2) is 35.0 Å². The minimum atomic E-state index is 0.202. The van der Waals surface area contributed by atoms with Crippen molar-refractivity contribution in [3.8, 4) is 0 Å². The molecule has 4 heterocycles. The monoisotopic (exact) mass is 358 g/mol. The van der Waals surface area contributed by atoms with E-state index in [1.165, 1.54) is 0 Å². The van der Waals surface area contributed by atoms with Gasteiger partial charge in [0.25, 0.3) is 0 Å². The second-order valence-corrected chi connectivity index (χ2v) is 7.32. The van der Waals surface area contributed by atoms with Crippen molar-refractivity contribution in [3.05, 3.63) is 42.1 Å². The van der Waals surface area contributed by atoms with Crippen molar-refractivity contribution in [2.75, 3.05) is 32.8 Å². The lowest BCUT2D eigenvalue weighted by Crippen LogP contribution is -2.45. The molecule has 0 radical (unpaired) electrons. The normalized spacial score (nSPS) is 23.8. The zero-order chi connectivity index (χ0) is 17.9. The molecule has 2 saturated heterocycles. The molecule has 2 aromatic heterocycles. The van der Waals surface area contributed by atoms with Gasteiger partial charge in [-0.2, -0.15) is 5.10 Å². The number of carbonyl (C=O) groups is 1. The number of hydrogen-bond acceptors (Lipinski definition) is 5. The van der Waals surface area contributed by atoms with E-state index in [1.807, 2.05) is 40.9 Å². The van der Waals surface area contributed by atoms with Crippen LogP contribution in [-0.4, -0.2) is 64.4 Å². The van der Waals surface area contributed by atoms with Gasteiger partial charge in [-0.15, -0.1) is 0 Å². The molecule has 1 amide bonds. The Kier molecular flexibility index (Phi) is 5.08. The highest BCUT2D eigenvalue weighted by Crippen LogP contribution is 2.23. The van der Waals surface area contributed by atoms with Gasteiger partial charge in [0.05, 0.1) is 25.8 Å². The number of amides is 1. The predicted molar refractivity (Wildman–Crippen MR) is 95.4 cm³/mol. The Hall–Kier alpha value is -2.12. The molecular weight excluding hydrogens is 332 g/mol. The largest absolute Gasteiger partial charge is 0.465 e. The van der Waals surface area contributed by atoms with E-state index < -0.39 is 0 Å². The summed E-state index contributed by atoms with van der Waals surface area (Å²) < 4.78 is 13.4. The molecule has 0 N–H and O–H groups in total. The quantitative estimate of drug-likeness (QED) is 0.811. The molecule has 2 aliphatic heterocycles. The van der Waals surface area contributed by atoms with E-state index in [0.717, 1.165) is 31.2 Å². The van der Waals surface area contributed by atoms with E-state index in [1.54, 1.807) is 6.20 Å². The molecule has 0 unspecified atom stereocenters. The lowest BCUT2D eigenvalue weighted by molar-refractivity contribution is -0.133. The Labute approximate surface area is 153 Å². The van der Waals surface area contributed by atoms with Crippen LogP contribution in [0.1, 0.15) is 17.9 Å². The first-order valence-corrected chi connectivity index (χ1v) is 9.29. The van der Waals surface area contributed by atoms with Crippen molar-refractivity contribution in [1.29, 1.82) is 0 Å². The van der Waals surface area contributed by atoms with Crippen LogP contribution >= 0.6 is 0 Å². The van der Waals surface area contributed by atoms with Gasteiger partial charge in [-0.3, -0.25) is 14.4 Å². The van der Waals surface area contributed by atoms with Gasteiger partial charge in [-0.25, -0.2) is 0 Å². The lowest BCUT2D eigenvalue weighted by Gasteiger charge is -2.31. The summed E-state index contributed by atoms with van der Waals surface area (Å²) in [5, 5.41) is 4.18. The molecule has 7 heteroatoms. The predicted octanol–water partition coefficient (Wildman–Crippen LogP) is 1.53. The van der Waals surface area contributed by atoms with Gasteiger partial charge in [0.2, 0.25) is 5.91 Å². The first-order chi connectivity index (χ1) is 12.7. The first kappa shape index (κ1) is 17.3. The maximum absolute atomic E-state index is 12.8. The van der Waals surface area contributed by atoms with Gasteiger partial charge in [0, 0.05) is 50.9 Å². The lowest BCUT2D eigenvalue weighted by atomic mass is 10.1. The van der Waals surface area contributed by atoms with Crippen LogP contribution in [0.3, 0.4) is 0 Å². The second kappa shape index (κ2) is 7.63. The van der Waals surface area contributed by atoms with Crippen LogP contribution in [-0.2, 0) is 22.6 Å². The standard InChI is InChI=1S/C19H26N4O3/c1-15-3-4-18(26-15)12-21-9-16-10-22(11-17(21)14-25-13-16)19(24)5-8-23-7-2-6-20-23/h2-4,6-7,16-17H,5,8-14H2,1H3/t16-,17+/m1/s1. The number of rotatable bonds is 5. The van der Waals surface area contributed by atoms with Crippen LogP contribution < -0.4 is 0 Å². The summed E-state index contributed by atoms with van der Waals surface area (Å²) in [7, 11) is 0. The molecular formula is C19H26N4O3. The van der Waals surface area contributed by atoms with Crippen LogP contribution in [0.5, 0.6) is 0 Å². The van der Waals surface area contributed by atoms with Crippen molar-refractivity contribution < 1.29 is 13.9 Å². The van der Waals surface area contributed by atoms with Crippen molar-refractivity contribution in [2.45, 2.75) is 32.5 Å². The topological polar surface area (TPSA) is 63.7 Å². The average molecular weight is 358 g/mol. The highest BCUT2D eigenvalue weighted by Gasteiger charge is 2.35. The molecule has 0 saturated carbocycles. The van der Waals surface area contributed by atoms with Gasteiger partial charge >= 0.3 is 0 Å². The molecule has 2 atom stereocenters. The number of carbonyl (C=O) groups excluding carboxylic acids is 1.